The van der Waals surface area contributed by atoms with Gasteiger partial charge in [-0.1, -0.05) is 5.57 Å². The van der Waals surface area contributed by atoms with Crippen molar-refractivity contribution in [3.63, 3.8) is 0 Å². The maximum atomic E-state index is 13.1. The third-order valence-corrected chi connectivity index (χ3v) is 2.89. The van der Waals surface area contributed by atoms with Gasteiger partial charge in [0.2, 0.25) is 0 Å². The van der Waals surface area contributed by atoms with Crippen molar-refractivity contribution in [3.8, 4) is 0 Å². The summed E-state index contributed by atoms with van der Waals surface area (Å²) < 4.78 is 109. The monoisotopic (exact) mass is 400 g/mol. The fraction of sp³-hybridized carbons (Fsp3) is 0.714. The number of rotatable bonds is 11. The molecule has 0 fully saturated rings. The van der Waals surface area contributed by atoms with Gasteiger partial charge in [0.25, 0.3) is 0 Å². The van der Waals surface area contributed by atoms with Crippen LogP contribution in [0.3, 0.4) is 0 Å². The van der Waals surface area contributed by atoms with E-state index in [9.17, 15) is 44.7 Å². The normalized spacial score (nSPS) is 12.8. The van der Waals surface area contributed by atoms with Crippen molar-refractivity contribution in [1.82, 2.24) is 0 Å². The van der Waals surface area contributed by atoms with Crippen molar-refractivity contribution < 1.29 is 54.2 Å². The minimum Gasteiger partial charge on any atom is -0.465 e. The Hall–Kier alpha value is -1.88. The number of alkyl halides is 8. The first-order valence-corrected chi connectivity index (χ1v) is 7.02. The lowest BCUT2D eigenvalue weighted by molar-refractivity contribution is -0.344. The van der Waals surface area contributed by atoms with Crippen LogP contribution in [0.5, 0.6) is 0 Å². The number of hydrogen-bond donors (Lipinski definition) is 0. The standard InChI is InChI=1S/C14H16F8O4/c1-8(2)5-6-25-9(23)3-4-10(24)26-7-12(17,18)14(21,22)13(19,20)11(15)16/h11H,1,3-7H2,2H3. The SMILES string of the molecule is C=C(C)CCOC(=O)CCC(=O)OCC(F)(F)C(F)(F)C(F)(F)C(F)F. The summed E-state index contributed by atoms with van der Waals surface area (Å²) in [4.78, 5) is 22.3. The maximum Gasteiger partial charge on any atom is 0.381 e. The molecule has 0 aliphatic carbocycles. The Morgan fingerprint density at radius 1 is 0.923 bits per heavy atom. The lowest BCUT2D eigenvalue weighted by Crippen LogP contribution is -2.59. The van der Waals surface area contributed by atoms with E-state index in [-0.39, 0.29) is 6.61 Å². The molecule has 0 unspecified atom stereocenters. The molecule has 0 amide bonds. The van der Waals surface area contributed by atoms with E-state index in [0.717, 1.165) is 0 Å². The van der Waals surface area contributed by atoms with E-state index >= 15 is 0 Å². The summed E-state index contributed by atoms with van der Waals surface area (Å²) in [5, 5.41) is 0. The number of esters is 2. The second-order valence-electron chi connectivity index (χ2n) is 5.29. The van der Waals surface area contributed by atoms with Crippen molar-refractivity contribution in [2.75, 3.05) is 13.2 Å². The highest BCUT2D eigenvalue weighted by atomic mass is 19.4. The number of carbonyl (C=O) groups excluding carboxylic acids is 2. The lowest BCUT2D eigenvalue weighted by atomic mass is 10.1. The zero-order chi connectivity index (χ0) is 20.8. The van der Waals surface area contributed by atoms with Crippen LogP contribution in [0.4, 0.5) is 35.1 Å². The smallest absolute Gasteiger partial charge is 0.381 e. The Morgan fingerprint density at radius 3 is 1.81 bits per heavy atom. The van der Waals surface area contributed by atoms with Crippen LogP contribution in [0.15, 0.2) is 12.2 Å². The van der Waals surface area contributed by atoms with Gasteiger partial charge in [-0.3, -0.25) is 9.59 Å². The lowest BCUT2D eigenvalue weighted by Gasteiger charge is -2.31. The molecule has 0 atom stereocenters. The van der Waals surface area contributed by atoms with E-state index < -0.39 is 55.6 Å². The van der Waals surface area contributed by atoms with E-state index in [1.807, 2.05) is 0 Å². The average Bonchev–Trinajstić information content (AvgIpc) is 2.50. The molecular formula is C14H16F8O4. The molecule has 0 radical (unpaired) electrons. The first kappa shape index (κ1) is 24.1. The molecule has 0 aromatic carbocycles. The van der Waals surface area contributed by atoms with E-state index in [4.69, 9.17) is 0 Å². The summed E-state index contributed by atoms with van der Waals surface area (Å²) in [5.74, 6) is -21.1. The van der Waals surface area contributed by atoms with Crippen molar-refractivity contribution >= 4 is 11.9 Å². The van der Waals surface area contributed by atoms with Gasteiger partial charge in [0.15, 0.2) is 6.61 Å². The largest absolute Gasteiger partial charge is 0.465 e. The third kappa shape index (κ3) is 6.45. The van der Waals surface area contributed by atoms with E-state index in [1.165, 1.54) is 0 Å². The minimum absolute atomic E-state index is 0.0593. The molecule has 0 rings (SSSR count). The second kappa shape index (κ2) is 9.17. The zero-order valence-electron chi connectivity index (χ0n) is 13.5. The topological polar surface area (TPSA) is 52.6 Å². The first-order chi connectivity index (χ1) is 11.6. The zero-order valence-corrected chi connectivity index (χ0v) is 13.5. The molecule has 0 aromatic heterocycles. The molecule has 0 N–H and O–H groups in total. The fourth-order valence-electron chi connectivity index (χ4n) is 1.33. The molecule has 0 saturated heterocycles. The highest BCUT2D eigenvalue weighted by Gasteiger charge is 2.75. The molecule has 0 aromatic rings. The Bertz CT molecular complexity index is 519. The van der Waals surface area contributed by atoms with Gasteiger partial charge in [-0.15, -0.1) is 6.58 Å². The fourth-order valence-corrected chi connectivity index (χ4v) is 1.33. The highest BCUT2D eigenvalue weighted by Crippen LogP contribution is 2.48. The Morgan fingerprint density at radius 2 is 1.38 bits per heavy atom. The molecule has 0 aliphatic rings. The van der Waals surface area contributed by atoms with Crippen LogP contribution >= 0.6 is 0 Å². The third-order valence-electron chi connectivity index (χ3n) is 2.89. The predicted molar refractivity (Wildman–Crippen MR) is 71.4 cm³/mol. The summed E-state index contributed by atoms with van der Waals surface area (Å²) in [6.45, 7) is 2.55. The second-order valence-corrected chi connectivity index (χ2v) is 5.29. The molecule has 152 valence electrons. The molecule has 0 saturated carbocycles. The van der Waals surface area contributed by atoms with Crippen LogP contribution in [0.25, 0.3) is 0 Å². The molecule has 4 nitrogen and oxygen atoms in total. The molecule has 0 spiro atoms. The molecule has 0 bridgehead atoms. The number of halogens is 8. The van der Waals surface area contributed by atoms with Gasteiger partial charge in [-0.2, -0.15) is 26.3 Å². The summed E-state index contributed by atoms with van der Waals surface area (Å²) in [7, 11) is 0. The van der Waals surface area contributed by atoms with Crippen LogP contribution < -0.4 is 0 Å². The Labute approximate surface area is 143 Å². The van der Waals surface area contributed by atoms with E-state index in [0.29, 0.717) is 12.0 Å². The van der Waals surface area contributed by atoms with Crippen LogP contribution in [-0.4, -0.2) is 49.3 Å². The van der Waals surface area contributed by atoms with Crippen LogP contribution in [-0.2, 0) is 19.1 Å². The van der Waals surface area contributed by atoms with E-state index in [1.54, 1.807) is 6.92 Å². The van der Waals surface area contributed by atoms with Gasteiger partial charge in [-0.25, -0.2) is 8.78 Å². The maximum absolute atomic E-state index is 13.1. The molecule has 12 heteroatoms. The van der Waals surface area contributed by atoms with Crippen molar-refractivity contribution in [1.29, 1.82) is 0 Å². The number of carbonyl (C=O) groups is 2. The van der Waals surface area contributed by atoms with Crippen molar-refractivity contribution in [3.05, 3.63) is 12.2 Å². The minimum atomic E-state index is -6.46. The number of hydrogen-bond acceptors (Lipinski definition) is 4. The van der Waals surface area contributed by atoms with Gasteiger partial charge in [-0.05, 0) is 6.92 Å². The van der Waals surface area contributed by atoms with Gasteiger partial charge in [0.1, 0.15) is 0 Å². The molecular weight excluding hydrogens is 384 g/mol. The van der Waals surface area contributed by atoms with Gasteiger partial charge in [0, 0.05) is 6.42 Å². The quantitative estimate of drug-likeness (QED) is 0.299. The van der Waals surface area contributed by atoms with Crippen molar-refractivity contribution in [2.24, 2.45) is 0 Å². The van der Waals surface area contributed by atoms with Crippen LogP contribution in [0, 0.1) is 0 Å². The summed E-state index contributed by atoms with van der Waals surface area (Å²) in [5.41, 5.74) is 0.695. The summed E-state index contributed by atoms with van der Waals surface area (Å²) in [6.07, 6.45) is -6.24. The summed E-state index contributed by atoms with van der Waals surface area (Å²) in [6, 6.07) is 0. The Kier molecular flexibility index (Phi) is 8.51. The predicted octanol–water partition coefficient (Wildman–Crippen LogP) is 3.99. The van der Waals surface area contributed by atoms with Gasteiger partial charge >= 0.3 is 36.1 Å². The first-order valence-electron chi connectivity index (χ1n) is 7.02. The molecule has 0 heterocycles. The van der Waals surface area contributed by atoms with Crippen LogP contribution in [0.2, 0.25) is 0 Å². The summed E-state index contributed by atoms with van der Waals surface area (Å²) >= 11 is 0. The van der Waals surface area contributed by atoms with Crippen LogP contribution in [0.1, 0.15) is 26.2 Å². The highest BCUT2D eigenvalue weighted by molar-refractivity contribution is 5.77. The van der Waals surface area contributed by atoms with Crippen molar-refractivity contribution in [2.45, 2.75) is 50.4 Å². The van der Waals surface area contributed by atoms with Gasteiger partial charge in [0.05, 0.1) is 19.4 Å². The van der Waals surface area contributed by atoms with Gasteiger partial charge < -0.3 is 9.47 Å². The Balaban J connectivity index is 4.52. The molecule has 26 heavy (non-hydrogen) atoms. The number of ether oxygens (including phenoxy) is 2. The molecule has 0 aliphatic heterocycles. The van der Waals surface area contributed by atoms with E-state index in [2.05, 4.69) is 16.1 Å². The average molecular weight is 400 g/mol.